The van der Waals surface area contributed by atoms with E-state index in [0.717, 1.165) is 11.0 Å². The van der Waals surface area contributed by atoms with E-state index in [1.165, 1.54) is 12.1 Å². The van der Waals surface area contributed by atoms with Crippen LogP contribution in [0.3, 0.4) is 0 Å². The van der Waals surface area contributed by atoms with Crippen molar-refractivity contribution in [1.29, 1.82) is 0 Å². The number of carbonyl (C=O) groups excluding carboxylic acids is 2. The van der Waals surface area contributed by atoms with Gasteiger partial charge in [-0.25, -0.2) is 0 Å². The highest BCUT2D eigenvalue weighted by atomic mass is 16.6. The SMILES string of the molecule is Cc1nnc(CN2C(=O)C(=O)c3cc([N+](=O)[O-])ccc32)o1. The molecule has 0 saturated carbocycles. The van der Waals surface area contributed by atoms with Gasteiger partial charge in [0.25, 0.3) is 17.4 Å². The monoisotopic (exact) mass is 288 g/mol. The highest BCUT2D eigenvalue weighted by Crippen LogP contribution is 2.32. The van der Waals surface area contributed by atoms with Gasteiger partial charge in [-0.05, 0) is 6.07 Å². The number of fused-ring (bicyclic) bond motifs is 1. The Balaban J connectivity index is 2.00. The topological polar surface area (TPSA) is 119 Å². The fourth-order valence-corrected chi connectivity index (χ4v) is 2.10. The molecule has 1 aliphatic heterocycles. The fourth-order valence-electron chi connectivity index (χ4n) is 2.10. The first kappa shape index (κ1) is 12.9. The highest BCUT2D eigenvalue weighted by molar-refractivity contribution is 6.52. The van der Waals surface area contributed by atoms with E-state index in [1.807, 2.05) is 0 Å². The molecule has 0 unspecified atom stereocenters. The first-order valence-corrected chi connectivity index (χ1v) is 5.91. The Morgan fingerprint density at radius 2 is 2.10 bits per heavy atom. The number of benzene rings is 1. The molecular formula is C12H8N4O5. The van der Waals surface area contributed by atoms with Crippen LogP contribution in [-0.2, 0) is 11.3 Å². The van der Waals surface area contributed by atoms with Crippen LogP contribution < -0.4 is 4.90 Å². The van der Waals surface area contributed by atoms with E-state index in [1.54, 1.807) is 6.92 Å². The molecule has 0 saturated heterocycles. The van der Waals surface area contributed by atoms with Gasteiger partial charge in [0.1, 0.15) is 6.54 Å². The van der Waals surface area contributed by atoms with Gasteiger partial charge in [-0.15, -0.1) is 10.2 Å². The number of nitrogens with zero attached hydrogens (tertiary/aromatic N) is 4. The molecule has 1 amide bonds. The third kappa shape index (κ3) is 2.04. The maximum atomic E-state index is 12.0. The number of nitro benzene ring substituents is 1. The Kier molecular flexibility index (Phi) is 2.75. The maximum absolute atomic E-state index is 12.0. The number of nitro groups is 1. The number of non-ortho nitro benzene ring substituents is 1. The summed E-state index contributed by atoms with van der Waals surface area (Å²) in [6.45, 7) is 1.54. The molecule has 9 heteroatoms. The molecule has 3 rings (SSSR count). The number of aromatic nitrogens is 2. The summed E-state index contributed by atoms with van der Waals surface area (Å²) in [7, 11) is 0. The van der Waals surface area contributed by atoms with Crippen molar-refractivity contribution in [3.63, 3.8) is 0 Å². The molecule has 0 bridgehead atoms. The standard InChI is InChI=1S/C12H8N4O5/c1-6-13-14-10(21-6)5-15-9-3-2-7(16(19)20)4-8(9)11(17)12(15)18/h2-4H,5H2,1H3. The van der Waals surface area contributed by atoms with Crippen LogP contribution in [0.15, 0.2) is 22.6 Å². The van der Waals surface area contributed by atoms with Gasteiger partial charge in [0.15, 0.2) is 0 Å². The van der Waals surface area contributed by atoms with Gasteiger partial charge in [0.05, 0.1) is 16.2 Å². The molecule has 2 heterocycles. The second-order valence-corrected chi connectivity index (χ2v) is 4.39. The summed E-state index contributed by atoms with van der Waals surface area (Å²) in [5, 5.41) is 18.1. The number of hydrogen-bond acceptors (Lipinski definition) is 7. The Labute approximate surface area is 117 Å². The molecule has 0 spiro atoms. The van der Waals surface area contributed by atoms with Crippen LogP contribution >= 0.6 is 0 Å². The van der Waals surface area contributed by atoms with Crippen molar-refractivity contribution in [3.05, 3.63) is 45.7 Å². The second-order valence-electron chi connectivity index (χ2n) is 4.39. The van der Waals surface area contributed by atoms with Gasteiger partial charge < -0.3 is 4.42 Å². The minimum absolute atomic E-state index is 0.00503. The van der Waals surface area contributed by atoms with Gasteiger partial charge in [-0.3, -0.25) is 24.6 Å². The van der Waals surface area contributed by atoms with Crippen LogP contribution in [0.5, 0.6) is 0 Å². The van der Waals surface area contributed by atoms with Crippen molar-refractivity contribution in [1.82, 2.24) is 10.2 Å². The largest absolute Gasteiger partial charge is 0.424 e. The predicted octanol–water partition coefficient (Wildman–Crippen LogP) is 1.02. The molecule has 0 N–H and O–H groups in total. The summed E-state index contributed by atoms with van der Waals surface area (Å²) >= 11 is 0. The normalized spacial score (nSPS) is 13.7. The van der Waals surface area contributed by atoms with Gasteiger partial charge >= 0.3 is 0 Å². The van der Waals surface area contributed by atoms with Crippen LogP contribution in [0, 0.1) is 17.0 Å². The molecule has 2 aromatic rings. The van der Waals surface area contributed by atoms with Crippen molar-refractivity contribution in [2.45, 2.75) is 13.5 Å². The van der Waals surface area contributed by atoms with E-state index < -0.39 is 16.6 Å². The fraction of sp³-hybridized carbons (Fsp3) is 0.167. The van der Waals surface area contributed by atoms with Crippen LogP contribution in [0.1, 0.15) is 22.1 Å². The quantitative estimate of drug-likeness (QED) is 0.469. The average Bonchev–Trinajstić information content (AvgIpc) is 2.96. The van der Waals surface area contributed by atoms with E-state index in [0.29, 0.717) is 11.6 Å². The minimum atomic E-state index is -0.787. The summed E-state index contributed by atoms with van der Waals surface area (Å²) < 4.78 is 5.17. The van der Waals surface area contributed by atoms with Crippen molar-refractivity contribution >= 4 is 23.1 Å². The molecule has 0 aliphatic carbocycles. The predicted molar refractivity (Wildman–Crippen MR) is 67.7 cm³/mol. The van der Waals surface area contributed by atoms with Crippen molar-refractivity contribution in [2.24, 2.45) is 0 Å². The summed E-state index contributed by atoms with van der Waals surface area (Å²) in [5.41, 5.74) is 0.0577. The Morgan fingerprint density at radius 1 is 1.33 bits per heavy atom. The number of anilines is 1. The number of amides is 1. The highest BCUT2D eigenvalue weighted by Gasteiger charge is 2.37. The molecule has 0 fully saturated rings. The van der Waals surface area contributed by atoms with E-state index >= 15 is 0 Å². The molecular weight excluding hydrogens is 280 g/mol. The third-order valence-corrected chi connectivity index (χ3v) is 3.03. The zero-order valence-corrected chi connectivity index (χ0v) is 10.8. The molecule has 1 aromatic heterocycles. The number of hydrogen-bond donors (Lipinski definition) is 0. The summed E-state index contributed by atoms with van der Waals surface area (Å²) in [6, 6.07) is 3.69. The van der Waals surface area contributed by atoms with Crippen molar-refractivity contribution in [2.75, 3.05) is 4.90 Å². The molecule has 1 aromatic carbocycles. The Hall–Kier alpha value is -3.10. The van der Waals surface area contributed by atoms with Crippen LogP contribution in [0.25, 0.3) is 0 Å². The smallest absolute Gasteiger partial charge is 0.299 e. The number of aryl methyl sites for hydroxylation is 1. The lowest BCUT2D eigenvalue weighted by Gasteiger charge is -2.13. The molecule has 0 radical (unpaired) electrons. The first-order chi connectivity index (χ1) is 9.97. The summed E-state index contributed by atoms with van der Waals surface area (Å²) in [4.78, 5) is 35.1. The van der Waals surface area contributed by atoms with Gasteiger partial charge in [0, 0.05) is 19.1 Å². The lowest BCUT2D eigenvalue weighted by atomic mass is 10.1. The maximum Gasteiger partial charge on any atom is 0.299 e. The van der Waals surface area contributed by atoms with Gasteiger partial charge in [-0.2, -0.15) is 0 Å². The lowest BCUT2D eigenvalue weighted by molar-refractivity contribution is -0.384. The lowest BCUT2D eigenvalue weighted by Crippen LogP contribution is -2.29. The van der Waals surface area contributed by atoms with Crippen LogP contribution in [-0.4, -0.2) is 26.8 Å². The second kappa shape index (κ2) is 4.47. The molecule has 21 heavy (non-hydrogen) atoms. The Bertz CT molecular complexity index is 782. The zero-order valence-electron chi connectivity index (χ0n) is 10.8. The van der Waals surface area contributed by atoms with Crippen molar-refractivity contribution < 1.29 is 18.9 Å². The number of rotatable bonds is 3. The third-order valence-electron chi connectivity index (χ3n) is 3.03. The minimum Gasteiger partial charge on any atom is -0.424 e. The average molecular weight is 288 g/mol. The van der Waals surface area contributed by atoms with E-state index in [2.05, 4.69) is 10.2 Å². The summed E-state index contributed by atoms with van der Waals surface area (Å²) in [5.74, 6) is -1.04. The number of carbonyl (C=O) groups is 2. The van der Waals surface area contributed by atoms with E-state index in [9.17, 15) is 19.7 Å². The number of ketones is 1. The van der Waals surface area contributed by atoms with Crippen LogP contribution in [0.4, 0.5) is 11.4 Å². The van der Waals surface area contributed by atoms with Crippen molar-refractivity contribution in [3.8, 4) is 0 Å². The molecule has 106 valence electrons. The molecule has 1 aliphatic rings. The summed E-state index contributed by atoms with van der Waals surface area (Å²) in [6.07, 6.45) is 0. The van der Waals surface area contributed by atoms with Gasteiger partial charge in [-0.1, -0.05) is 0 Å². The van der Waals surface area contributed by atoms with E-state index in [4.69, 9.17) is 4.42 Å². The zero-order chi connectivity index (χ0) is 15.1. The van der Waals surface area contributed by atoms with Crippen LogP contribution in [0.2, 0.25) is 0 Å². The first-order valence-electron chi connectivity index (χ1n) is 5.91. The van der Waals surface area contributed by atoms with E-state index in [-0.39, 0.29) is 23.7 Å². The van der Waals surface area contributed by atoms with Gasteiger partial charge in [0.2, 0.25) is 11.8 Å². The Morgan fingerprint density at radius 3 is 2.71 bits per heavy atom. The number of Topliss-reactive ketones (excluding diaryl/α,β-unsaturated/α-hetero) is 1. The molecule has 0 atom stereocenters. The molecule has 9 nitrogen and oxygen atoms in total.